The lowest BCUT2D eigenvalue weighted by Crippen LogP contribution is -2.67. The van der Waals surface area contributed by atoms with Gasteiger partial charge in [0.15, 0.2) is 0 Å². The van der Waals surface area contributed by atoms with E-state index in [1.165, 1.54) is 0 Å². The number of hydrogen-bond acceptors (Lipinski definition) is 2. The number of alkyl halides is 10. The van der Waals surface area contributed by atoms with E-state index >= 15 is 0 Å². The number of halogens is 10. The standard InChI is InChI=1S/C18H28F10O2/c1-2-3-4-5-6-9-14(19,20)16(23,24)18(27,28)17(25,26)15(21,22)10-7-8-13(11-29)12-30/h13,29-30H,2-12H2,1H3. The Labute approximate surface area is 168 Å². The lowest BCUT2D eigenvalue weighted by molar-refractivity contribution is -0.402. The van der Waals surface area contributed by atoms with Crippen molar-refractivity contribution in [2.24, 2.45) is 5.92 Å². The third-order valence-corrected chi connectivity index (χ3v) is 4.92. The van der Waals surface area contributed by atoms with Crippen molar-refractivity contribution in [3.63, 3.8) is 0 Å². The first-order valence-electron chi connectivity index (χ1n) is 9.66. The first-order valence-corrected chi connectivity index (χ1v) is 9.66. The number of aliphatic hydroxyl groups excluding tert-OH is 2. The summed E-state index contributed by atoms with van der Waals surface area (Å²) in [6.07, 6.45) is -4.43. The fraction of sp³-hybridized carbons (Fsp3) is 1.00. The van der Waals surface area contributed by atoms with Crippen LogP contribution in [0, 0.1) is 5.92 Å². The Kier molecular flexibility index (Phi) is 10.9. The van der Waals surface area contributed by atoms with Gasteiger partial charge in [-0.3, -0.25) is 0 Å². The molecule has 0 spiro atoms. The number of aliphatic hydroxyl groups is 2. The van der Waals surface area contributed by atoms with Gasteiger partial charge in [0.05, 0.1) is 0 Å². The third-order valence-electron chi connectivity index (χ3n) is 4.92. The predicted molar refractivity (Wildman–Crippen MR) is 89.6 cm³/mol. The fourth-order valence-corrected chi connectivity index (χ4v) is 2.77. The van der Waals surface area contributed by atoms with E-state index in [-0.39, 0.29) is 6.42 Å². The number of unbranched alkanes of at least 4 members (excludes halogenated alkanes) is 4. The SMILES string of the molecule is CCCCCCCC(F)(F)C(F)(F)C(F)(F)C(F)(F)C(F)(F)CCCC(CO)CO. The van der Waals surface area contributed by atoms with Gasteiger partial charge in [-0.15, -0.1) is 0 Å². The molecule has 12 heteroatoms. The van der Waals surface area contributed by atoms with Crippen molar-refractivity contribution in [1.29, 1.82) is 0 Å². The minimum absolute atomic E-state index is 0.0332. The van der Waals surface area contributed by atoms with Gasteiger partial charge in [-0.2, -0.15) is 43.9 Å². The van der Waals surface area contributed by atoms with Crippen molar-refractivity contribution >= 4 is 0 Å². The molecule has 0 aliphatic rings. The van der Waals surface area contributed by atoms with E-state index in [1.807, 2.05) is 0 Å². The highest BCUT2D eigenvalue weighted by atomic mass is 19.4. The Bertz CT molecular complexity index is 493. The van der Waals surface area contributed by atoms with E-state index in [9.17, 15) is 43.9 Å². The Balaban J connectivity index is 5.39. The van der Waals surface area contributed by atoms with Crippen LogP contribution in [-0.2, 0) is 0 Å². The van der Waals surface area contributed by atoms with Gasteiger partial charge in [-0.1, -0.05) is 32.6 Å². The third kappa shape index (κ3) is 6.37. The van der Waals surface area contributed by atoms with Crippen molar-refractivity contribution in [3.8, 4) is 0 Å². The molecule has 0 atom stereocenters. The van der Waals surface area contributed by atoms with Crippen LogP contribution < -0.4 is 0 Å². The monoisotopic (exact) mass is 466 g/mol. The van der Waals surface area contributed by atoms with E-state index in [2.05, 4.69) is 0 Å². The van der Waals surface area contributed by atoms with Gasteiger partial charge in [0.2, 0.25) is 0 Å². The maximum absolute atomic E-state index is 13.8. The van der Waals surface area contributed by atoms with Gasteiger partial charge < -0.3 is 10.2 Å². The van der Waals surface area contributed by atoms with Crippen LogP contribution in [-0.4, -0.2) is 53.0 Å². The second-order valence-corrected chi connectivity index (χ2v) is 7.42. The average Bonchev–Trinajstić information content (AvgIpc) is 2.64. The highest BCUT2D eigenvalue weighted by Gasteiger charge is 2.85. The highest BCUT2D eigenvalue weighted by molar-refractivity contribution is 5.08. The Hall–Kier alpha value is -0.780. The Morgan fingerprint density at radius 3 is 1.37 bits per heavy atom. The average molecular weight is 466 g/mol. The van der Waals surface area contributed by atoms with Gasteiger partial charge >= 0.3 is 29.6 Å². The quantitative estimate of drug-likeness (QED) is 0.207. The molecule has 0 rings (SSSR count). The van der Waals surface area contributed by atoms with E-state index in [0.29, 0.717) is 19.3 Å². The molecule has 2 N–H and O–H groups in total. The van der Waals surface area contributed by atoms with Crippen LogP contribution in [0.1, 0.15) is 64.7 Å². The van der Waals surface area contributed by atoms with Crippen LogP contribution in [0.4, 0.5) is 43.9 Å². The van der Waals surface area contributed by atoms with Crippen LogP contribution in [0.5, 0.6) is 0 Å². The Morgan fingerprint density at radius 1 is 0.567 bits per heavy atom. The fourth-order valence-electron chi connectivity index (χ4n) is 2.77. The molecule has 0 radical (unpaired) electrons. The summed E-state index contributed by atoms with van der Waals surface area (Å²) >= 11 is 0. The zero-order chi connectivity index (χ0) is 23.9. The Morgan fingerprint density at radius 2 is 0.967 bits per heavy atom. The van der Waals surface area contributed by atoms with Crippen LogP contribution in [0.25, 0.3) is 0 Å². The summed E-state index contributed by atoms with van der Waals surface area (Å²) in [6.45, 7) is 0.341. The zero-order valence-corrected chi connectivity index (χ0v) is 16.5. The summed E-state index contributed by atoms with van der Waals surface area (Å²) in [5.74, 6) is -32.9. The van der Waals surface area contributed by atoms with Crippen LogP contribution in [0.2, 0.25) is 0 Å². The maximum Gasteiger partial charge on any atom is 0.384 e. The lowest BCUT2D eigenvalue weighted by atomic mass is 9.89. The van der Waals surface area contributed by atoms with Gasteiger partial charge in [-0.05, 0) is 19.3 Å². The first-order chi connectivity index (χ1) is 13.6. The van der Waals surface area contributed by atoms with Crippen molar-refractivity contribution in [2.75, 3.05) is 13.2 Å². The molecule has 2 nitrogen and oxygen atoms in total. The molecule has 0 aliphatic carbocycles. The molecule has 0 saturated heterocycles. The van der Waals surface area contributed by atoms with E-state index < -0.39 is 80.8 Å². The normalized spacial score (nSPS) is 14.6. The highest BCUT2D eigenvalue weighted by Crippen LogP contribution is 2.58. The largest absolute Gasteiger partial charge is 0.396 e. The molecule has 0 aliphatic heterocycles. The molecule has 0 saturated carbocycles. The summed E-state index contributed by atoms with van der Waals surface area (Å²) in [5, 5.41) is 17.5. The number of rotatable bonds is 16. The first kappa shape index (κ1) is 29.2. The summed E-state index contributed by atoms with van der Waals surface area (Å²) < 4.78 is 138. The molecule has 0 aromatic heterocycles. The molecule has 0 bridgehead atoms. The zero-order valence-electron chi connectivity index (χ0n) is 16.5. The number of hydrogen-bond donors (Lipinski definition) is 2. The van der Waals surface area contributed by atoms with Crippen molar-refractivity contribution in [2.45, 2.75) is 94.3 Å². The maximum atomic E-state index is 13.8. The predicted octanol–water partition coefficient (Wildman–Crippen LogP) is 6.29. The summed E-state index contributed by atoms with van der Waals surface area (Å²) in [6, 6.07) is 0. The van der Waals surface area contributed by atoms with Gasteiger partial charge in [0.1, 0.15) is 0 Å². The molecular weight excluding hydrogens is 438 g/mol. The molecule has 0 heterocycles. The van der Waals surface area contributed by atoms with Crippen LogP contribution >= 0.6 is 0 Å². The van der Waals surface area contributed by atoms with E-state index in [1.54, 1.807) is 6.92 Å². The van der Waals surface area contributed by atoms with Crippen molar-refractivity contribution in [3.05, 3.63) is 0 Å². The summed E-state index contributed by atoms with van der Waals surface area (Å²) in [4.78, 5) is 0. The van der Waals surface area contributed by atoms with Gasteiger partial charge in [0, 0.05) is 32.0 Å². The molecule has 0 unspecified atom stereocenters. The smallest absolute Gasteiger partial charge is 0.384 e. The molecule has 182 valence electrons. The molecular formula is C18H28F10O2. The molecule has 0 fully saturated rings. The minimum atomic E-state index is -7.02. The van der Waals surface area contributed by atoms with Crippen LogP contribution in [0.3, 0.4) is 0 Å². The second-order valence-electron chi connectivity index (χ2n) is 7.42. The molecule has 30 heavy (non-hydrogen) atoms. The molecule has 0 amide bonds. The summed E-state index contributed by atoms with van der Waals surface area (Å²) in [5.41, 5.74) is 0. The molecule has 0 aromatic rings. The van der Waals surface area contributed by atoms with Crippen LogP contribution in [0.15, 0.2) is 0 Å². The van der Waals surface area contributed by atoms with Crippen molar-refractivity contribution < 1.29 is 54.1 Å². The summed E-state index contributed by atoms with van der Waals surface area (Å²) in [7, 11) is 0. The van der Waals surface area contributed by atoms with E-state index in [4.69, 9.17) is 10.2 Å². The molecule has 0 aromatic carbocycles. The van der Waals surface area contributed by atoms with Gasteiger partial charge in [-0.25, -0.2) is 0 Å². The van der Waals surface area contributed by atoms with E-state index in [0.717, 1.165) is 0 Å². The van der Waals surface area contributed by atoms with Crippen molar-refractivity contribution in [1.82, 2.24) is 0 Å². The van der Waals surface area contributed by atoms with Gasteiger partial charge in [0.25, 0.3) is 0 Å². The second kappa shape index (κ2) is 11.2. The minimum Gasteiger partial charge on any atom is -0.396 e. The lowest BCUT2D eigenvalue weighted by Gasteiger charge is -2.39. The topological polar surface area (TPSA) is 40.5 Å².